The molecule has 0 aliphatic carbocycles. The van der Waals surface area contributed by atoms with Gasteiger partial charge in [0, 0.05) is 11.6 Å². The van der Waals surface area contributed by atoms with Crippen molar-refractivity contribution >= 4 is 11.5 Å². The normalized spacial score (nSPS) is 11.1. The number of amidine groups is 1. The second-order valence-corrected chi connectivity index (χ2v) is 3.98. The van der Waals surface area contributed by atoms with E-state index >= 15 is 0 Å². The average molecular weight is 272 g/mol. The van der Waals surface area contributed by atoms with Gasteiger partial charge in [-0.25, -0.2) is 4.99 Å². The molecule has 20 heavy (non-hydrogen) atoms. The maximum atomic E-state index is 9.26. The Hall–Kier alpha value is -2.53. The lowest BCUT2D eigenvalue weighted by Gasteiger charge is -2.09. The second-order valence-electron chi connectivity index (χ2n) is 3.98. The number of ether oxygens (including phenoxy) is 2. The highest BCUT2D eigenvalue weighted by Crippen LogP contribution is 2.31. The minimum atomic E-state index is 0.342. The van der Waals surface area contributed by atoms with Gasteiger partial charge in [-0.1, -0.05) is 30.3 Å². The zero-order chi connectivity index (χ0) is 14.4. The molecular formula is C15H16N2O3. The van der Waals surface area contributed by atoms with Crippen LogP contribution in [-0.2, 0) is 0 Å². The smallest absolute Gasteiger partial charge is 0.157 e. The Morgan fingerprint density at radius 1 is 1.05 bits per heavy atom. The minimum Gasteiger partial charge on any atom is -0.497 e. The topological polar surface area (TPSA) is 63.1 Å². The number of nitrogens with zero attached hydrogens (tertiary/aromatic N) is 1. The van der Waals surface area contributed by atoms with Crippen molar-refractivity contribution in [1.82, 2.24) is 5.48 Å². The molecule has 0 bridgehead atoms. The van der Waals surface area contributed by atoms with Crippen LogP contribution in [0.25, 0.3) is 0 Å². The summed E-state index contributed by atoms with van der Waals surface area (Å²) < 4.78 is 10.4. The highest BCUT2D eigenvalue weighted by atomic mass is 16.5. The van der Waals surface area contributed by atoms with E-state index in [0.717, 1.165) is 5.56 Å². The summed E-state index contributed by atoms with van der Waals surface area (Å²) in [5, 5.41) is 9.26. The molecule has 0 fully saturated rings. The Bertz CT molecular complexity index is 597. The van der Waals surface area contributed by atoms with E-state index in [1.807, 2.05) is 30.3 Å². The molecule has 0 aliphatic rings. The van der Waals surface area contributed by atoms with Gasteiger partial charge >= 0.3 is 0 Å². The minimum absolute atomic E-state index is 0.342. The van der Waals surface area contributed by atoms with Gasteiger partial charge in [-0.05, 0) is 12.1 Å². The molecule has 0 heterocycles. The van der Waals surface area contributed by atoms with Gasteiger partial charge in [0.15, 0.2) is 5.84 Å². The van der Waals surface area contributed by atoms with Gasteiger partial charge in [-0.15, -0.1) is 0 Å². The number of rotatable bonds is 4. The fraction of sp³-hybridized carbons (Fsp3) is 0.133. The second kappa shape index (κ2) is 6.58. The first kappa shape index (κ1) is 13.9. The highest BCUT2D eigenvalue weighted by Gasteiger charge is 2.07. The van der Waals surface area contributed by atoms with E-state index in [4.69, 9.17) is 9.47 Å². The summed E-state index contributed by atoms with van der Waals surface area (Å²) in [7, 11) is 3.14. The molecule has 5 heteroatoms. The van der Waals surface area contributed by atoms with Gasteiger partial charge in [0.1, 0.15) is 17.2 Å². The van der Waals surface area contributed by atoms with E-state index in [9.17, 15) is 5.21 Å². The average Bonchev–Trinajstić information content (AvgIpc) is 2.53. The summed E-state index contributed by atoms with van der Waals surface area (Å²) in [4.78, 5) is 4.37. The summed E-state index contributed by atoms with van der Waals surface area (Å²) in [6.45, 7) is 0. The maximum Gasteiger partial charge on any atom is 0.157 e. The first-order valence-corrected chi connectivity index (χ1v) is 6.04. The third-order valence-electron chi connectivity index (χ3n) is 2.77. The van der Waals surface area contributed by atoms with E-state index in [1.165, 1.54) is 0 Å². The Labute approximate surface area is 117 Å². The molecule has 0 atom stereocenters. The molecule has 0 aliphatic heterocycles. The number of benzene rings is 2. The van der Waals surface area contributed by atoms with Crippen LogP contribution in [0.3, 0.4) is 0 Å². The largest absolute Gasteiger partial charge is 0.497 e. The van der Waals surface area contributed by atoms with E-state index in [2.05, 4.69) is 10.5 Å². The van der Waals surface area contributed by atoms with Crippen molar-refractivity contribution in [3.8, 4) is 11.5 Å². The van der Waals surface area contributed by atoms with E-state index in [-0.39, 0.29) is 0 Å². The van der Waals surface area contributed by atoms with E-state index in [0.29, 0.717) is 23.0 Å². The predicted molar refractivity (Wildman–Crippen MR) is 77.1 cm³/mol. The molecule has 0 unspecified atom stereocenters. The monoisotopic (exact) mass is 272 g/mol. The standard InChI is InChI=1S/C15H16N2O3/c1-19-12-8-9-13(14(10-12)20-2)16-15(17-18)11-6-4-3-5-7-11/h3-10,18H,1-2H3,(H,16,17). The number of hydrogen-bond donors (Lipinski definition) is 2. The lowest BCUT2D eigenvalue weighted by molar-refractivity contribution is 0.235. The third-order valence-corrected chi connectivity index (χ3v) is 2.77. The van der Waals surface area contributed by atoms with Crippen LogP contribution in [0.4, 0.5) is 5.69 Å². The van der Waals surface area contributed by atoms with Crippen LogP contribution in [0.5, 0.6) is 11.5 Å². The Morgan fingerprint density at radius 2 is 1.80 bits per heavy atom. The van der Waals surface area contributed by atoms with Crippen molar-refractivity contribution in [3.05, 3.63) is 54.1 Å². The molecule has 2 aromatic carbocycles. The summed E-state index contributed by atoms with van der Waals surface area (Å²) in [6, 6.07) is 14.6. The zero-order valence-electron chi connectivity index (χ0n) is 11.3. The molecule has 2 N–H and O–H groups in total. The molecule has 2 aromatic rings. The molecular weight excluding hydrogens is 256 g/mol. The molecule has 2 rings (SSSR count). The van der Waals surface area contributed by atoms with Crippen molar-refractivity contribution in [3.63, 3.8) is 0 Å². The zero-order valence-corrected chi connectivity index (χ0v) is 11.3. The van der Waals surface area contributed by atoms with Crippen LogP contribution < -0.4 is 15.0 Å². The van der Waals surface area contributed by atoms with Crippen molar-refractivity contribution in [2.24, 2.45) is 4.99 Å². The van der Waals surface area contributed by atoms with Gasteiger partial charge in [0.25, 0.3) is 0 Å². The molecule has 0 radical (unpaired) electrons. The molecule has 104 valence electrons. The Balaban J connectivity index is 2.42. The molecule has 5 nitrogen and oxygen atoms in total. The summed E-state index contributed by atoms with van der Waals surface area (Å²) >= 11 is 0. The van der Waals surface area contributed by atoms with Gasteiger partial charge < -0.3 is 9.47 Å². The molecule has 0 saturated carbocycles. The lowest BCUT2D eigenvalue weighted by Crippen LogP contribution is -2.19. The van der Waals surface area contributed by atoms with Gasteiger partial charge in [-0.2, -0.15) is 0 Å². The van der Waals surface area contributed by atoms with Crippen LogP contribution in [0.1, 0.15) is 5.56 Å². The lowest BCUT2D eigenvalue weighted by atomic mass is 10.2. The van der Waals surface area contributed by atoms with Crippen LogP contribution in [0.15, 0.2) is 53.5 Å². The third kappa shape index (κ3) is 3.07. The number of aliphatic imine (C=N–C) groups is 1. The van der Waals surface area contributed by atoms with Crippen molar-refractivity contribution in [2.75, 3.05) is 14.2 Å². The van der Waals surface area contributed by atoms with Crippen molar-refractivity contribution in [1.29, 1.82) is 0 Å². The summed E-state index contributed by atoms with van der Waals surface area (Å²) in [5.74, 6) is 1.58. The van der Waals surface area contributed by atoms with Crippen molar-refractivity contribution < 1.29 is 14.7 Å². The van der Waals surface area contributed by atoms with Gasteiger partial charge in [0.05, 0.1) is 14.2 Å². The number of hydrogen-bond acceptors (Lipinski definition) is 4. The van der Waals surface area contributed by atoms with Crippen LogP contribution in [0, 0.1) is 0 Å². The number of hydroxylamine groups is 1. The maximum absolute atomic E-state index is 9.26. The van der Waals surface area contributed by atoms with Crippen molar-refractivity contribution in [2.45, 2.75) is 0 Å². The van der Waals surface area contributed by atoms with Crippen LogP contribution >= 0.6 is 0 Å². The Morgan fingerprint density at radius 3 is 2.40 bits per heavy atom. The molecule has 0 amide bonds. The molecule has 0 spiro atoms. The number of nitrogens with one attached hydrogen (secondary N) is 1. The first-order valence-electron chi connectivity index (χ1n) is 6.04. The Kier molecular flexibility index (Phi) is 4.57. The SMILES string of the molecule is COc1ccc(N=C(NO)c2ccccc2)c(OC)c1. The fourth-order valence-corrected chi connectivity index (χ4v) is 1.75. The first-order chi connectivity index (χ1) is 9.78. The van der Waals surface area contributed by atoms with Gasteiger partial charge in [-0.3, -0.25) is 10.7 Å². The summed E-state index contributed by atoms with van der Waals surface area (Å²) in [6.07, 6.45) is 0. The van der Waals surface area contributed by atoms with E-state index in [1.54, 1.807) is 32.4 Å². The summed E-state index contributed by atoms with van der Waals surface area (Å²) in [5.41, 5.74) is 3.47. The van der Waals surface area contributed by atoms with Crippen LogP contribution in [-0.4, -0.2) is 25.3 Å². The molecule has 0 saturated heterocycles. The van der Waals surface area contributed by atoms with E-state index < -0.39 is 0 Å². The predicted octanol–water partition coefficient (Wildman–Crippen LogP) is 2.76. The van der Waals surface area contributed by atoms with Crippen LogP contribution in [0.2, 0.25) is 0 Å². The quantitative estimate of drug-likeness (QED) is 0.510. The highest BCUT2D eigenvalue weighted by molar-refractivity contribution is 5.99. The molecule has 0 aromatic heterocycles. The van der Waals surface area contributed by atoms with Gasteiger partial charge in [0.2, 0.25) is 0 Å². The fourth-order valence-electron chi connectivity index (χ4n) is 1.75. The number of methoxy groups -OCH3 is 2.